The van der Waals surface area contributed by atoms with Crippen LogP contribution in [0.4, 0.5) is 0 Å². The minimum absolute atomic E-state index is 0.0338. The van der Waals surface area contributed by atoms with Crippen LogP contribution in [-0.2, 0) is 24.3 Å². The molecule has 0 fully saturated rings. The SMILES string of the molecule is NCCc1ccc(CNC(=O)CCn2cccn2)cc1. The van der Waals surface area contributed by atoms with E-state index < -0.39 is 0 Å². The summed E-state index contributed by atoms with van der Waals surface area (Å²) < 4.78 is 1.75. The average Bonchev–Trinajstić information content (AvgIpc) is 2.98. The number of hydrogen-bond acceptors (Lipinski definition) is 3. The molecule has 106 valence electrons. The number of nitrogens with two attached hydrogens (primary N) is 1. The Bertz CT molecular complexity index is 519. The minimum atomic E-state index is 0.0338. The Morgan fingerprint density at radius 1 is 1.25 bits per heavy atom. The molecule has 1 aromatic carbocycles. The first kappa shape index (κ1) is 14.3. The molecule has 0 saturated carbocycles. The molecule has 1 heterocycles. The van der Waals surface area contributed by atoms with E-state index in [4.69, 9.17) is 5.73 Å². The molecule has 5 nitrogen and oxygen atoms in total. The molecule has 0 saturated heterocycles. The number of nitrogens with zero attached hydrogens (tertiary/aromatic N) is 2. The van der Waals surface area contributed by atoms with Gasteiger partial charge in [0.2, 0.25) is 5.91 Å². The number of rotatable bonds is 7. The molecule has 0 spiro atoms. The van der Waals surface area contributed by atoms with Crippen LogP contribution in [0.15, 0.2) is 42.7 Å². The smallest absolute Gasteiger partial charge is 0.222 e. The fourth-order valence-electron chi connectivity index (χ4n) is 1.93. The second kappa shape index (κ2) is 7.45. The summed E-state index contributed by atoms with van der Waals surface area (Å²) in [5.41, 5.74) is 7.83. The molecule has 0 radical (unpaired) electrons. The lowest BCUT2D eigenvalue weighted by Crippen LogP contribution is -2.24. The van der Waals surface area contributed by atoms with Crippen molar-refractivity contribution in [3.05, 3.63) is 53.9 Å². The zero-order valence-electron chi connectivity index (χ0n) is 11.5. The van der Waals surface area contributed by atoms with Gasteiger partial charge in [-0.3, -0.25) is 9.48 Å². The van der Waals surface area contributed by atoms with E-state index in [1.165, 1.54) is 5.56 Å². The Labute approximate surface area is 118 Å². The van der Waals surface area contributed by atoms with Crippen molar-refractivity contribution in [2.24, 2.45) is 5.73 Å². The van der Waals surface area contributed by atoms with Gasteiger partial charge in [-0.15, -0.1) is 0 Å². The van der Waals surface area contributed by atoms with Crippen molar-refractivity contribution in [1.29, 1.82) is 0 Å². The molecule has 3 N–H and O–H groups in total. The molecular weight excluding hydrogens is 252 g/mol. The van der Waals surface area contributed by atoms with Gasteiger partial charge in [0.1, 0.15) is 0 Å². The predicted molar refractivity (Wildman–Crippen MR) is 77.9 cm³/mol. The van der Waals surface area contributed by atoms with E-state index in [-0.39, 0.29) is 5.91 Å². The Kier molecular flexibility index (Phi) is 5.32. The van der Waals surface area contributed by atoms with E-state index in [9.17, 15) is 4.79 Å². The first-order valence-electron chi connectivity index (χ1n) is 6.80. The maximum atomic E-state index is 11.7. The fraction of sp³-hybridized carbons (Fsp3) is 0.333. The molecule has 0 unspecified atom stereocenters. The molecular formula is C15H20N4O. The monoisotopic (exact) mass is 272 g/mol. The van der Waals surface area contributed by atoms with Gasteiger partial charge in [-0.2, -0.15) is 5.10 Å². The highest BCUT2D eigenvalue weighted by Gasteiger charge is 2.02. The lowest BCUT2D eigenvalue weighted by atomic mass is 10.1. The second-order valence-corrected chi connectivity index (χ2v) is 4.65. The van der Waals surface area contributed by atoms with Crippen molar-refractivity contribution in [1.82, 2.24) is 15.1 Å². The first-order valence-corrected chi connectivity index (χ1v) is 6.80. The lowest BCUT2D eigenvalue weighted by Gasteiger charge is -2.06. The van der Waals surface area contributed by atoms with Crippen molar-refractivity contribution in [3.8, 4) is 0 Å². The van der Waals surface area contributed by atoms with E-state index >= 15 is 0 Å². The van der Waals surface area contributed by atoms with Gasteiger partial charge in [-0.1, -0.05) is 24.3 Å². The number of nitrogens with one attached hydrogen (secondary N) is 1. The third kappa shape index (κ3) is 4.51. The van der Waals surface area contributed by atoms with Gasteiger partial charge in [-0.05, 0) is 30.2 Å². The van der Waals surface area contributed by atoms with Gasteiger partial charge >= 0.3 is 0 Å². The van der Waals surface area contributed by atoms with Crippen LogP contribution in [0.1, 0.15) is 17.5 Å². The molecule has 5 heteroatoms. The van der Waals surface area contributed by atoms with E-state index in [2.05, 4.69) is 22.5 Å². The normalized spacial score (nSPS) is 10.4. The molecule has 1 aromatic heterocycles. The molecule has 20 heavy (non-hydrogen) atoms. The molecule has 0 aliphatic carbocycles. The van der Waals surface area contributed by atoms with Gasteiger partial charge in [-0.25, -0.2) is 0 Å². The zero-order valence-corrected chi connectivity index (χ0v) is 11.5. The molecule has 2 aromatic rings. The Balaban J connectivity index is 1.72. The number of benzene rings is 1. The summed E-state index contributed by atoms with van der Waals surface area (Å²) in [6, 6.07) is 10.0. The van der Waals surface area contributed by atoms with E-state index in [0.29, 0.717) is 26.1 Å². The van der Waals surface area contributed by atoms with Crippen LogP contribution >= 0.6 is 0 Å². The summed E-state index contributed by atoms with van der Waals surface area (Å²) in [6.45, 7) is 1.82. The summed E-state index contributed by atoms with van der Waals surface area (Å²) in [5, 5.41) is 6.97. The average molecular weight is 272 g/mol. The predicted octanol–water partition coefficient (Wildman–Crippen LogP) is 1.09. The topological polar surface area (TPSA) is 72.9 Å². The Morgan fingerprint density at radius 3 is 2.65 bits per heavy atom. The second-order valence-electron chi connectivity index (χ2n) is 4.65. The Hall–Kier alpha value is -2.14. The molecule has 0 aliphatic heterocycles. The number of carbonyl (C=O) groups excluding carboxylic acids is 1. The summed E-state index contributed by atoms with van der Waals surface area (Å²) in [5.74, 6) is 0.0338. The van der Waals surface area contributed by atoms with Crippen LogP contribution in [0.25, 0.3) is 0 Å². The van der Waals surface area contributed by atoms with E-state index in [1.807, 2.05) is 24.4 Å². The molecule has 0 bridgehead atoms. The third-order valence-electron chi connectivity index (χ3n) is 3.07. The van der Waals surface area contributed by atoms with E-state index in [0.717, 1.165) is 12.0 Å². The molecule has 2 rings (SSSR count). The summed E-state index contributed by atoms with van der Waals surface area (Å²) in [6.07, 6.45) is 4.88. The highest BCUT2D eigenvalue weighted by Crippen LogP contribution is 2.04. The van der Waals surface area contributed by atoms with Crippen molar-refractivity contribution in [3.63, 3.8) is 0 Å². The van der Waals surface area contributed by atoms with Gasteiger partial charge in [0.25, 0.3) is 0 Å². The highest BCUT2D eigenvalue weighted by atomic mass is 16.1. The standard InChI is InChI=1S/C15H20N4O/c16-8-6-13-2-4-14(5-3-13)12-17-15(20)7-11-19-10-1-9-18-19/h1-5,9-10H,6-8,11-12,16H2,(H,17,20). The van der Waals surface area contributed by atoms with E-state index in [1.54, 1.807) is 10.9 Å². The van der Waals surface area contributed by atoms with Crippen LogP contribution in [-0.4, -0.2) is 22.2 Å². The van der Waals surface area contributed by atoms with Gasteiger partial charge in [0.05, 0.1) is 0 Å². The summed E-state index contributed by atoms with van der Waals surface area (Å²) in [7, 11) is 0. The van der Waals surface area contributed by atoms with Gasteiger partial charge in [0, 0.05) is 31.9 Å². The molecule has 1 amide bonds. The number of hydrogen-bond donors (Lipinski definition) is 2. The summed E-state index contributed by atoms with van der Waals surface area (Å²) in [4.78, 5) is 11.7. The first-order chi connectivity index (χ1) is 9.78. The maximum Gasteiger partial charge on any atom is 0.222 e. The maximum absolute atomic E-state index is 11.7. The van der Waals surface area contributed by atoms with Crippen molar-refractivity contribution in [2.45, 2.75) is 25.9 Å². The van der Waals surface area contributed by atoms with Crippen LogP contribution in [0.5, 0.6) is 0 Å². The third-order valence-corrected chi connectivity index (χ3v) is 3.07. The number of aryl methyl sites for hydroxylation is 1. The quantitative estimate of drug-likeness (QED) is 0.792. The minimum Gasteiger partial charge on any atom is -0.352 e. The van der Waals surface area contributed by atoms with Crippen molar-refractivity contribution >= 4 is 5.91 Å². The zero-order chi connectivity index (χ0) is 14.2. The number of amides is 1. The number of carbonyl (C=O) groups is 1. The summed E-state index contributed by atoms with van der Waals surface area (Å²) >= 11 is 0. The Morgan fingerprint density at radius 2 is 2.00 bits per heavy atom. The van der Waals surface area contributed by atoms with Gasteiger partial charge < -0.3 is 11.1 Å². The van der Waals surface area contributed by atoms with Crippen LogP contribution < -0.4 is 11.1 Å². The highest BCUT2D eigenvalue weighted by molar-refractivity contribution is 5.75. The van der Waals surface area contributed by atoms with Crippen LogP contribution in [0.3, 0.4) is 0 Å². The number of aromatic nitrogens is 2. The van der Waals surface area contributed by atoms with Crippen LogP contribution in [0.2, 0.25) is 0 Å². The van der Waals surface area contributed by atoms with Crippen molar-refractivity contribution < 1.29 is 4.79 Å². The fourth-order valence-corrected chi connectivity index (χ4v) is 1.93. The van der Waals surface area contributed by atoms with Crippen molar-refractivity contribution in [2.75, 3.05) is 6.54 Å². The van der Waals surface area contributed by atoms with Gasteiger partial charge in [0.15, 0.2) is 0 Å². The lowest BCUT2D eigenvalue weighted by molar-refractivity contribution is -0.121. The molecule has 0 aliphatic rings. The largest absolute Gasteiger partial charge is 0.352 e. The van der Waals surface area contributed by atoms with Crippen LogP contribution in [0, 0.1) is 0 Å². The molecule has 0 atom stereocenters.